The van der Waals surface area contributed by atoms with Gasteiger partial charge in [-0.2, -0.15) is 0 Å². The van der Waals surface area contributed by atoms with E-state index in [0.29, 0.717) is 18.3 Å². The third-order valence-electron chi connectivity index (χ3n) is 4.73. The Labute approximate surface area is 144 Å². The van der Waals surface area contributed by atoms with Crippen LogP contribution in [0.3, 0.4) is 0 Å². The molecule has 0 bridgehead atoms. The largest absolute Gasteiger partial charge is 0.355 e. The molecule has 1 atom stereocenters. The van der Waals surface area contributed by atoms with Gasteiger partial charge in [0.1, 0.15) is 5.65 Å². The summed E-state index contributed by atoms with van der Waals surface area (Å²) < 4.78 is 2.01. The molecule has 2 aromatic heterocycles. The molecule has 0 unspecified atom stereocenters. The van der Waals surface area contributed by atoms with Gasteiger partial charge in [-0.05, 0) is 43.4 Å². The Morgan fingerprint density at radius 2 is 2.29 bits per heavy atom. The minimum atomic E-state index is 0.0839. The number of pyridine rings is 1. The van der Waals surface area contributed by atoms with E-state index in [2.05, 4.69) is 29.0 Å². The van der Waals surface area contributed by atoms with Crippen LogP contribution in [0.25, 0.3) is 5.65 Å². The lowest BCUT2D eigenvalue weighted by Gasteiger charge is -2.18. The molecule has 0 spiro atoms. The van der Waals surface area contributed by atoms with E-state index in [9.17, 15) is 4.79 Å². The molecular formula is C19H28N4O. The van der Waals surface area contributed by atoms with Crippen molar-refractivity contribution in [3.05, 3.63) is 35.8 Å². The number of aromatic nitrogens is 2. The number of nitrogens with one attached hydrogen (secondary N) is 1. The van der Waals surface area contributed by atoms with Crippen molar-refractivity contribution in [1.29, 1.82) is 0 Å². The van der Waals surface area contributed by atoms with Crippen molar-refractivity contribution in [2.75, 3.05) is 26.2 Å². The predicted octanol–water partition coefficient (Wildman–Crippen LogP) is 2.28. The maximum Gasteiger partial charge on any atom is 0.226 e. The number of aryl methyl sites for hydroxylation is 1. The lowest BCUT2D eigenvalue weighted by atomic mass is 10.1. The van der Waals surface area contributed by atoms with Crippen LogP contribution in [0, 0.1) is 18.8 Å². The quantitative estimate of drug-likeness (QED) is 0.885. The number of imidazole rings is 1. The van der Waals surface area contributed by atoms with Crippen molar-refractivity contribution in [3.8, 4) is 0 Å². The molecule has 5 heteroatoms. The Bertz CT molecular complexity index is 706. The van der Waals surface area contributed by atoms with Gasteiger partial charge in [0.05, 0.1) is 12.1 Å². The highest BCUT2D eigenvalue weighted by atomic mass is 16.1. The standard InChI is InChI=1S/C19H28N4O/c1-14(2)12-22-8-6-16(13-22)10-20-18(24)9-17-11-21-19-15(3)5-4-7-23(17)19/h4-5,7,11,14,16H,6,8-10,12-13H2,1-3H3,(H,20,24)/t16-/m1/s1. The van der Waals surface area contributed by atoms with Crippen LogP contribution in [0.5, 0.6) is 0 Å². The van der Waals surface area contributed by atoms with Crippen LogP contribution in [-0.2, 0) is 11.2 Å². The molecule has 3 rings (SSSR count). The van der Waals surface area contributed by atoms with Crippen LogP contribution in [0.1, 0.15) is 31.5 Å². The highest BCUT2D eigenvalue weighted by Gasteiger charge is 2.23. The lowest BCUT2D eigenvalue weighted by Crippen LogP contribution is -2.32. The Hall–Kier alpha value is -1.88. The van der Waals surface area contributed by atoms with Gasteiger partial charge in [0.15, 0.2) is 0 Å². The molecule has 2 aromatic rings. The van der Waals surface area contributed by atoms with Gasteiger partial charge in [0.2, 0.25) is 5.91 Å². The van der Waals surface area contributed by atoms with Crippen LogP contribution >= 0.6 is 0 Å². The second-order valence-electron chi connectivity index (χ2n) is 7.42. The third kappa shape index (κ3) is 3.96. The van der Waals surface area contributed by atoms with Crippen LogP contribution in [0.2, 0.25) is 0 Å². The van der Waals surface area contributed by atoms with E-state index in [-0.39, 0.29) is 5.91 Å². The van der Waals surface area contributed by atoms with E-state index in [1.807, 2.05) is 35.9 Å². The summed E-state index contributed by atoms with van der Waals surface area (Å²) in [6, 6.07) is 4.03. The van der Waals surface area contributed by atoms with Crippen molar-refractivity contribution in [2.24, 2.45) is 11.8 Å². The molecule has 0 aliphatic carbocycles. The van der Waals surface area contributed by atoms with Crippen LogP contribution in [0.15, 0.2) is 24.5 Å². The summed E-state index contributed by atoms with van der Waals surface area (Å²) in [6.45, 7) is 10.8. The Morgan fingerprint density at radius 1 is 1.46 bits per heavy atom. The maximum atomic E-state index is 12.3. The van der Waals surface area contributed by atoms with Crippen LogP contribution in [-0.4, -0.2) is 46.4 Å². The van der Waals surface area contributed by atoms with Crippen molar-refractivity contribution in [3.63, 3.8) is 0 Å². The molecule has 130 valence electrons. The number of fused-ring (bicyclic) bond motifs is 1. The van der Waals surface area contributed by atoms with E-state index >= 15 is 0 Å². The van der Waals surface area contributed by atoms with E-state index in [0.717, 1.165) is 43.1 Å². The van der Waals surface area contributed by atoms with E-state index < -0.39 is 0 Å². The zero-order chi connectivity index (χ0) is 17.1. The first-order valence-corrected chi connectivity index (χ1v) is 8.93. The molecule has 0 radical (unpaired) electrons. The van der Waals surface area contributed by atoms with Crippen LogP contribution < -0.4 is 5.32 Å². The van der Waals surface area contributed by atoms with Gasteiger partial charge in [-0.1, -0.05) is 19.9 Å². The highest BCUT2D eigenvalue weighted by molar-refractivity contribution is 5.78. The SMILES string of the molecule is Cc1cccn2c(CC(=O)NC[C@H]3CCN(CC(C)C)C3)cnc12. The van der Waals surface area contributed by atoms with E-state index in [4.69, 9.17) is 0 Å². The predicted molar refractivity (Wildman–Crippen MR) is 96.0 cm³/mol. The molecule has 1 amide bonds. The van der Waals surface area contributed by atoms with Gasteiger partial charge < -0.3 is 14.6 Å². The molecule has 1 aliphatic rings. The third-order valence-corrected chi connectivity index (χ3v) is 4.73. The summed E-state index contributed by atoms with van der Waals surface area (Å²) in [5.74, 6) is 1.37. The topological polar surface area (TPSA) is 49.6 Å². The van der Waals surface area contributed by atoms with Gasteiger partial charge >= 0.3 is 0 Å². The van der Waals surface area contributed by atoms with Gasteiger partial charge in [0.25, 0.3) is 0 Å². The molecule has 0 aromatic carbocycles. The van der Waals surface area contributed by atoms with Gasteiger partial charge in [0, 0.05) is 32.0 Å². The second kappa shape index (κ2) is 7.34. The molecule has 5 nitrogen and oxygen atoms in total. The Morgan fingerprint density at radius 3 is 3.08 bits per heavy atom. The fourth-order valence-corrected chi connectivity index (χ4v) is 3.58. The highest BCUT2D eigenvalue weighted by Crippen LogP contribution is 2.17. The molecule has 1 N–H and O–H groups in total. The monoisotopic (exact) mass is 328 g/mol. The molecule has 1 saturated heterocycles. The van der Waals surface area contributed by atoms with Crippen LogP contribution in [0.4, 0.5) is 0 Å². The zero-order valence-electron chi connectivity index (χ0n) is 15.0. The average molecular weight is 328 g/mol. The number of hydrogen-bond donors (Lipinski definition) is 1. The first-order chi connectivity index (χ1) is 11.5. The summed E-state index contributed by atoms with van der Waals surface area (Å²) in [7, 11) is 0. The zero-order valence-corrected chi connectivity index (χ0v) is 15.0. The summed E-state index contributed by atoms with van der Waals surface area (Å²) in [4.78, 5) is 19.2. The Balaban J connectivity index is 1.50. The maximum absolute atomic E-state index is 12.3. The number of rotatable bonds is 6. The molecular weight excluding hydrogens is 300 g/mol. The summed E-state index contributed by atoms with van der Waals surface area (Å²) >= 11 is 0. The summed E-state index contributed by atoms with van der Waals surface area (Å²) in [5, 5.41) is 3.11. The van der Waals surface area contributed by atoms with E-state index in [1.165, 1.54) is 6.42 Å². The molecule has 0 saturated carbocycles. The minimum absolute atomic E-state index is 0.0839. The lowest BCUT2D eigenvalue weighted by molar-refractivity contribution is -0.120. The molecule has 24 heavy (non-hydrogen) atoms. The smallest absolute Gasteiger partial charge is 0.226 e. The van der Waals surface area contributed by atoms with Crippen molar-refractivity contribution in [2.45, 2.75) is 33.6 Å². The van der Waals surface area contributed by atoms with Crippen molar-refractivity contribution < 1.29 is 4.79 Å². The fourth-order valence-electron chi connectivity index (χ4n) is 3.58. The number of carbonyl (C=O) groups is 1. The first-order valence-electron chi connectivity index (χ1n) is 8.93. The first kappa shape index (κ1) is 17.0. The van der Waals surface area contributed by atoms with Crippen molar-refractivity contribution in [1.82, 2.24) is 19.6 Å². The number of nitrogens with zero attached hydrogens (tertiary/aromatic N) is 3. The Kier molecular flexibility index (Phi) is 5.19. The van der Waals surface area contributed by atoms with Gasteiger partial charge in [-0.15, -0.1) is 0 Å². The fraction of sp³-hybridized carbons (Fsp3) is 0.579. The summed E-state index contributed by atoms with van der Waals surface area (Å²) in [5.41, 5.74) is 3.00. The molecule has 1 aliphatic heterocycles. The summed E-state index contributed by atoms with van der Waals surface area (Å²) in [6.07, 6.45) is 5.34. The number of carbonyl (C=O) groups excluding carboxylic acids is 1. The van der Waals surface area contributed by atoms with Gasteiger partial charge in [-0.25, -0.2) is 4.98 Å². The number of hydrogen-bond acceptors (Lipinski definition) is 3. The number of amides is 1. The second-order valence-corrected chi connectivity index (χ2v) is 7.42. The molecule has 1 fully saturated rings. The molecule has 3 heterocycles. The average Bonchev–Trinajstić information content (AvgIpc) is 3.13. The number of likely N-dealkylation sites (tertiary alicyclic amines) is 1. The normalized spacial score (nSPS) is 18.6. The van der Waals surface area contributed by atoms with E-state index in [1.54, 1.807) is 0 Å². The van der Waals surface area contributed by atoms with Gasteiger partial charge in [-0.3, -0.25) is 4.79 Å². The minimum Gasteiger partial charge on any atom is -0.355 e. The van der Waals surface area contributed by atoms with Crippen molar-refractivity contribution >= 4 is 11.6 Å².